The highest BCUT2D eigenvalue weighted by Crippen LogP contribution is 2.30. The fourth-order valence-corrected chi connectivity index (χ4v) is 4.34. The van der Waals surface area contributed by atoms with Gasteiger partial charge in [-0.2, -0.15) is 0 Å². The molecule has 4 rings (SSSR count). The Morgan fingerprint density at radius 2 is 1.84 bits per heavy atom. The van der Waals surface area contributed by atoms with Crippen molar-refractivity contribution in [2.45, 2.75) is 24.7 Å². The highest BCUT2D eigenvalue weighted by atomic mass is 32.2. The molecule has 0 unspecified atom stereocenters. The first-order valence-corrected chi connectivity index (χ1v) is 11.4. The second-order valence-corrected chi connectivity index (χ2v) is 8.83. The Bertz CT molecular complexity index is 1110. The van der Waals surface area contributed by atoms with Crippen molar-refractivity contribution in [3.05, 3.63) is 66.0 Å². The summed E-state index contributed by atoms with van der Waals surface area (Å²) in [5.41, 5.74) is 2.50. The number of hydrogen-bond acceptors (Lipinski definition) is 6. The SMILES string of the molecule is C[C@H](c1nnc(SCC(=O)N2CC(=O)Nc3ccccc32)n1Cc1ccccc1)N(C)C. The lowest BCUT2D eigenvalue weighted by Gasteiger charge is -2.29. The lowest BCUT2D eigenvalue weighted by molar-refractivity contribution is -0.120. The van der Waals surface area contributed by atoms with Crippen molar-refractivity contribution in [1.82, 2.24) is 19.7 Å². The summed E-state index contributed by atoms with van der Waals surface area (Å²) in [5.74, 6) is 0.659. The van der Waals surface area contributed by atoms with Crippen LogP contribution in [0.1, 0.15) is 24.4 Å². The molecular formula is C23H26N6O2S. The highest BCUT2D eigenvalue weighted by molar-refractivity contribution is 7.99. The number of carbonyl (C=O) groups is 2. The molecule has 2 aromatic carbocycles. The van der Waals surface area contributed by atoms with Gasteiger partial charge >= 0.3 is 0 Å². The molecule has 1 aliphatic rings. The summed E-state index contributed by atoms with van der Waals surface area (Å²) < 4.78 is 2.06. The molecule has 0 radical (unpaired) electrons. The maximum Gasteiger partial charge on any atom is 0.244 e. The molecule has 166 valence electrons. The van der Waals surface area contributed by atoms with Gasteiger partial charge in [0.05, 0.1) is 29.7 Å². The zero-order chi connectivity index (χ0) is 22.7. The van der Waals surface area contributed by atoms with Crippen LogP contribution in [0.25, 0.3) is 0 Å². The predicted octanol–water partition coefficient (Wildman–Crippen LogP) is 3.03. The lowest BCUT2D eigenvalue weighted by atomic mass is 10.2. The van der Waals surface area contributed by atoms with E-state index in [2.05, 4.69) is 44.0 Å². The van der Waals surface area contributed by atoms with Crippen LogP contribution in [0.15, 0.2) is 59.8 Å². The number of benzene rings is 2. The average Bonchev–Trinajstić information content (AvgIpc) is 3.19. The fraction of sp³-hybridized carbons (Fsp3) is 0.304. The second kappa shape index (κ2) is 9.54. The summed E-state index contributed by atoms with van der Waals surface area (Å²) in [7, 11) is 4.00. The highest BCUT2D eigenvalue weighted by Gasteiger charge is 2.27. The van der Waals surface area contributed by atoms with Crippen LogP contribution in [0, 0.1) is 0 Å². The van der Waals surface area contributed by atoms with Crippen molar-refractivity contribution < 1.29 is 9.59 Å². The van der Waals surface area contributed by atoms with Gasteiger partial charge in [0.1, 0.15) is 6.54 Å². The monoisotopic (exact) mass is 450 g/mol. The van der Waals surface area contributed by atoms with Crippen LogP contribution < -0.4 is 10.2 Å². The van der Waals surface area contributed by atoms with Crippen molar-refractivity contribution >= 4 is 35.0 Å². The van der Waals surface area contributed by atoms with Gasteiger partial charge in [-0.05, 0) is 38.7 Å². The molecule has 2 amide bonds. The third kappa shape index (κ3) is 4.68. The quantitative estimate of drug-likeness (QED) is 0.557. The minimum absolute atomic E-state index is 0.00995. The van der Waals surface area contributed by atoms with Crippen LogP contribution in [-0.4, -0.2) is 57.9 Å². The zero-order valence-electron chi connectivity index (χ0n) is 18.4. The summed E-state index contributed by atoms with van der Waals surface area (Å²) in [4.78, 5) is 28.7. The van der Waals surface area contributed by atoms with E-state index in [0.29, 0.717) is 23.1 Å². The number of nitrogens with one attached hydrogen (secondary N) is 1. The third-order valence-corrected chi connectivity index (χ3v) is 6.43. The van der Waals surface area contributed by atoms with Crippen molar-refractivity contribution in [1.29, 1.82) is 0 Å². The molecular weight excluding hydrogens is 424 g/mol. The van der Waals surface area contributed by atoms with Crippen molar-refractivity contribution in [2.24, 2.45) is 0 Å². The number of rotatable bonds is 7. The number of thioether (sulfide) groups is 1. The first-order chi connectivity index (χ1) is 15.4. The molecule has 3 aromatic rings. The molecule has 0 saturated heterocycles. The maximum atomic E-state index is 13.1. The summed E-state index contributed by atoms with van der Waals surface area (Å²) >= 11 is 1.34. The van der Waals surface area contributed by atoms with Crippen LogP contribution in [0.4, 0.5) is 11.4 Å². The smallest absolute Gasteiger partial charge is 0.244 e. The largest absolute Gasteiger partial charge is 0.323 e. The van der Waals surface area contributed by atoms with E-state index in [1.807, 2.05) is 50.5 Å². The van der Waals surface area contributed by atoms with E-state index in [-0.39, 0.29) is 30.2 Å². The predicted molar refractivity (Wildman–Crippen MR) is 126 cm³/mol. The van der Waals surface area contributed by atoms with Gasteiger partial charge in [0.2, 0.25) is 11.8 Å². The molecule has 0 fully saturated rings. The fourth-order valence-electron chi connectivity index (χ4n) is 3.52. The van der Waals surface area contributed by atoms with E-state index < -0.39 is 0 Å². The summed E-state index contributed by atoms with van der Waals surface area (Å²) in [6, 6.07) is 17.5. The van der Waals surface area contributed by atoms with Gasteiger partial charge in [-0.15, -0.1) is 10.2 Å². The summed E-state index contributed by atoms with van der Waals surface area (Å²) in [6.45, 7) is 2.71. The van der Waals surface area contributed by atoms with E-state index in [9.17, 15) is 9.59 Å². The minimum atomic E-state index is -0.198. The molecule has 1 aromatic heterocycles. The normalized spacial score (nSPS) is 14.2. The molecule has 2 heterocycles. The third-order valence-electron chi connectivity index (χ3n) is 5.47. The number of hydrogen-bond donors (Lipinski definition) is 1. The van der Waals surface area contributed by atoms with Gasteiger partial charge in [0.15, 0.2) is 11.0 Å². The Kier molecular flexibility index (Phi) is 6.57. The molecule has 1 atom stereocenters. The molecule has 9 heteroatoms. The molecule has 32 heavy (non-hydrogen) atoms. The molecule has 1 aliphatic heterocycles. The van der Waals surface area contributed by atoms with Gasteiger partial charge in [-0.3, -0.25) is 14.5 Å². The molecule has 0 spiro atoms. The number of nitrogens with zero attached hydrogens (tertiary/aromatic N) is 5. The lowest BCUT2D eigenvalue weighted by Crippen LogP contribution is -2.43. The molecule has 0 aliphatic carbocycles. The zero-order valence-corrected chi connectivity index (χ0v) is 19.2. The van der Waals surface area contributed by atoms with Gasteiger partial charge in [-0.25, -0.2) is 0 Å². The Hall–Kier alpha value is -3.17. The topological polar surface area (TPSA) is 83.4 Å². The Balaban J connectivity index is 1.55. The van der Waals surface area contributed by atoms with E-state index in [4.69, 9.17) is 0 Å². The van der Waals surface area contributed by atoms with Crippen LogP contribution in [0.2, 0.25) is 0 Å². The number of para-hydroxylation sites is 2. The summed E-state index contributed by atoms with van der Waals surface area (Å²) in [5, 5.41) is 12.3. The van der Waals surface area contributed by atoms with E-state index >= 15 is 0 Å². The Morgan fingerprint density at radius 1 is 1.12 bits per heavy atom. The Labute approximate surface area is 191 Å². The first-order valence-electron chi connectivity index (χ1n) is 10.4. The van der Waals surface area contributed by atoms with Crippen LogP contribution >= 0.6 is 11.8 Å². The van der Waals surface area contributed by atoms with E-state index in [1.165, 1.54) is 16.7 Å². The molecule has 1 N–H and O–H groups in total. The number of amides is 2. The Morgan fingerprint density at radius 3 is 2.59 bits per heavy atom. The van der Waals surface area contributed by atoms with Crippen LogP contribution in [0.3, 0.4) is 0 Å². The second-order valence-electron chi connectivity index (χ2n) is 7.89. The van der Waals surface area contributed by atoms with Crippen LogP contribution in [0.5, 0.6) is 0 Å². The molecule has 0 bridgehead atoms. The van der Waals surface area contributed by atoms with Gasteiger partial charge < -0.3 is 14.8 Å². The molecule has 8 nitrogen and oxygen atoms in total. The number of fused-ring (bicyclic) bond motifs is 1. The van der Waals surface area contributed by atoms with Crippen molar-refractivity contribution in [2.75, 3.05) is 36.6 Å². The molecule has 0 saturated carbocycles. The van der Waals surface area contributed by atoms with E-state index in [0.717, 1.165) is 11.4 Å². The number of aromatic nitrogens is 3. The standard InChI is InChI=1S/C23H26N6O2S/c1-16(27(2)3)22-25-26-23(29(22)13-17-9-5-4-6-10-17)32-15-21(31)28-14-20(30)24-18-11-7-8-12-19(18)28/h4-12,16H,13-15H2,1-3H3,(H,24,30)/t16-/m1/s1. The van der Waals surface area contributed by atoms with Crippen molar-refractivity contribution in [3.63, 3.8) is 0 Å². The first kappa shape index (κ1) is 22.0. The van der Waals surface area contributed by atoms with Gasteiger partial charge in [-0.1, -0.05) is 54.2 Å². The number of carbonyl (C=O) groups excluding carboxylic acids is 2. The van der Waals surface area contributed by atoms with E-state index in [1.54, 1.807) is 6.07 Å². The van der Waals surface area contributed by atoms with Crippen molar-refractivity contribution in [3.8, 4) is 0 Å². The average molecular weight is 451 g/mol. The minimum Gasteiger partial charge on any atom is -0.323 e. The maximum absolute atomic E-state index is 13.1. The number of anilines is 2. The summed E-state index contributed by atoms with van der Waals surface area (Å²) in [6.07, 6.45) is 0. The van der Waals surface area contributed by atoms with Gasteiger partial charge in [0, 0.05) is 0 Å². The van der Waals surface area contributed by atoms with Gasteiger partial charge in [0.25, 0.3) is 0 Å². The van der Waals surface area contributed by atoms with Crippen LogP contribution in [-0.2, 0) is 16.1 Å².